The molecule has 1 aliphatic rings. The van der Waals surface area contributed by atoms with E-state index in [0.717, 1.165) is 30.5 Å². The van der Waals surface area contributed by atoms with Crippen LogP contribution in [0.2, 0.25) is 0 Å². The topological polar surface area (TPSA) is 73.1 Å². The lowest BCUT2D eigenvalue weighted by molar-refractivity contribution is -0.0553. The SMILES string of the molecule is CC1(C)CC(Nc2nc3ccccc3nc2N)CCO1. The maximum absolute atomic E-state index is 6.00. The molecule has 3 rings (SSSR count). The molecule has 0 spiro atoms. The highest BCUT2D eigenvalue weighted by Crippen LogP contribution is 2.27. The lowest BCUT2D eigenvalue weighted by atomic mass is 9.94. The third-order valence-corrected chi connectivity index (χ3v) is 3.64. The number of benzene rings is 1. The van der Waals surface area contributed by atoms with E-state index >= 15 is 0 Å². The standard InChI is InChI=1S/C15H20N4O/c1-15(2)9-10(7-8-20-15)17-14-13(16)18-11-5-3-4-6-12(11)19-14/h3-6,10H,7-9H2,1-2H3,(H2,16,18)(H,17,19). The van der Waals surface area contributed by atoms with Gasteiger partial charge >= 0.3 is 0 Å². The molecule has 2 aromatic rings. The predicted molar refractivity (Wildman–Crippen MR) is 80.6 cm³/mol. The van der Waals surface area contributed by atoms with Crippen LogP contribution < -0.4 is 11.1 Å². The molecule has 1 unspecified atom stereocenters. The van der Waals surface area contributed by atoms with Gasteiger partial charge in [0.25, 0.3) is 0 Å². The molecule has 1 saturated heterocycles. The molecular weight excluding hydrogens is 252 g/mol. The number of nitrogens with one attached hydrogen (secondary N) is 1. The third-order valence-electron chi connectivity index (χ3n) is 3.64. The Labute approximate surface area is 118 Å². The first-order chi connectivity index (χ1) is 9.53. The lowest BCUT2D eigenvalue weighted by Crippen LogP contribution is -2.40. The van der Waals surface area contributed by atoms with Crippen LogP contribution in [0.4, 0.5) is 11.6 Å². The molecule has 0 bridgehead atoms. The van der Waals surface area contributed by atoms with Gasteiger partial charge in [-0.1, -0.05) is 12.1 Å². The Morgan fingerprint density at radius 1 is 1.25 bits per heavy atom. The number of rotatable bonds is 2. The summed E-state index contributed by atoms with van der Waals surface area (Å²) in [6.07, 6.45) is 1.89. The number of hydrogen-bond acceptors (Lipinski definition) is 5. The van der Waals surface area contributed by atoms with Crippen molar-refractivity contribution in [2.45, 2.75) is 38.3 Å². The summed E-state index contributed by atoms with van der Waals surface area (Å²) in [7, 11) is 0. The van der Waals surface area contributed by atoms with E-state index in [1.807, 2.05) is 24.3 Å². The van der Waals surface area contributed by atoms with E-state index < -0.39 is 0 Å². The van der Waals surface area contributed by atoms with Crippen molar-refractivity contribution in [2.75, 3.05) is 17.7 Å². The van der Waals surface area contributed by atoms with E-state index in [9.17, 15) is 0 Å². The Morgan fingerprint density at radius 3 is 2.65 bits per heavy atom. The monoisotopic (exact) mass is 272 g/mol. The normalized spacial score (nSPS) is 21.8. The first-order valence-electron chi connectivity index (χ1n) is 6.96. The molecule has 5 nitrogen and oxygen atoms in total. The Balaban J connectivity index is 1.85. The number of fused-ring (bicyclic) bond motifs is 1. The Kier molecular flexibility index (Phi) is 3.22. The Hall–Kier alpha value is -1.88. The zero-order valence-electron chi connectivity index (χ0n) is 11.9. The van der Waals surface area contributed by atoms with Crippen LogP contribution in [0.5, 0.6) is 0 Å². The zero-order valence-corrected chi connectivity index (χ0v) is 11.9. The van der Waals surface area contributed by atoms with Gasteiger partial charge < -0.3 is 15.8 Å². The van der Waals surface area contributed by atoms with Crippen molar-refractivity contribution in [3.05, 3.63) is 24.3 Å². The average molecular weight is 272 g/mol. The van der Waals surface area contributed by atoms with Crippen LogP contribution in [0, 0.1) is 0 Å². The fourth-order valence-corrected chi connectivity index (χ4v) is 2.67. The largest absolute Gasteiger partial charge is 0.381 e. The van der Waals surface area contributed by atoms with Crippen molar-refractivity contribution in [1.29, 1.82) is 0 Å². The molecular formula is C15H20N4O. The van der Waals surface area contributed by atoms with Crippen LogP contribution >= 0.6 is 0 Å². The van der Waals surface area contributed by atoms with Crippen LogP contribution in [0.1, 0.15) is 26.7 Å². The van der Waals surface area contributed by atoms with Crippen molar-refractivity contribution >= 4 is 22.7 Å². The fourth-order valence-electron chi connectivity index (χ4n) is 2.67. The van der Waals surface area contributed by atoms with Crippen LogP contribution in [-0.4, -0.2) is 28.2 Å². The molecule has 5 heteroatoms. The molecule has 1 atom stereocenters. The van der Waals surface area contributed by atoms with Gasteiger partial charge in [0.15, 0.2) is 11.6 Å². The summed E-state index contributed by atoms with van der Waals surface area (Å²) in [6, 6.07) is 8.07. The van der Waals surface area contributed by atoms with Gasteiger partial charge in [0, 0.05) is 12.6 Å². The van der Waals surface area contributed by atoms with Crippen molar-refractivity contribution in [3.8, 4) is 0 Å². The second-order valence-electron chi connectivity index (χ2n) is 5.89. The number of ether oxygens (including phenoxy) is 1. The number of nitrogen functional groups attached to an aromatic ring is 1. The number of nitrogens with two attached hydrogens (primary N) is 1. The highest BCUT2D eigenvalue weighted by Gasteiger charge is 2.29. The van der Waals surface area contributed by atoms with E-state index in [1.165, 1.54) is 0 Å². The van der Waals surface area contributed by atoms with Crippen molar-refractivity contribution in [2.24, 2.45) is 0 Å². The molecule has 0 amide bonds. The highest BCUT2D eigenvalue weighted by atomic mass is 16.5. The minimum atomic E-state index is -0.102. The zero-order chi connectivity index (χ0) is 14.2. The summed E-state index contributed by atoms with van der Waals surface area (Å²) < 4.78 is 5.73. The first-order valence-corrected chi connectivity index (χ1v) is 6.96. The second kappa shape index (κ2) is 4.90. The van der Waals surface area contributed by atoms with Gasteiger partial charge in [-0.3, -0.25) is 0 Å². The van der Waals surface area contributed by atoms with Gasteiger partial charge in [-0.25, -0.2) is 9.97 Å². The van der Waals surface area contributed by atoms with Gasteiger partial charge in [-0.05, 0) is 38.8 Å². The minimum absolute atomic E-state index is 0.102. The Bertz CT molecular complexity index is 626. The van der Waals surface area contributed by atoms with E-state index in [2.05, 4.69) is 29.1 Å². The van der Waals surface area contributed by atoms with Crippen LogP contribution in [0.3, 0.4) is 0 Å². The van der Waals surface area contributed by atoms with Crippen molar-refractivity contribution in [1.82, 2.24) is 9.97 Å². The van der Waals surface area contributed by atoms with Crippen molar-refractivity contribution in [3.63, 3.8) is 0 Å². The Morgan fingerprint density at radius 2 is 1.95 bits per heavy atom. The van der Waals surface area contributed by atoms with E-state index in [-0.39, 0.29) is 5.60 Å². The summed E-state index contributed by atoms with van der Waals surface area (Å²) >= 11 is 0. The van der Waals surface area contributed by atoms with E-state index in [1.54, 1.807) is 0 Å². The maximum Gasteiger partial charge on any atom is 0.169 e. The number of para-hydroxylation sites is 2. The van der Waals surface area contributed by atoms with Gasteiger partial charge in [0.05, 0.1) is 16.6 Å². The smallest absolute Gasteiger partial charge is 0.169 e. The van der Waals surface area contributed by atoms with Crippen molar-refractivity contribution < 1.29 is 4.74 Å². The third kappa shape index (κ3) is 2.67. The van der Waals surface area contributed by atoms with E-state index in [4.69, 9.17) is 10.5 Å². The summed E-state index contributed by atoms with van der Waals surface area (Å²) in [5, 5.41) is 3.42. The van der Waals surface area contributed by atoms with Crippen LogP contribution in [-0.2, 0) is 4.74 Å². The second-order valence-corrected chi connectivity index (χ2v) is 5.89. The summed E-state index contributed by atoms with van der Waals surface area (Å²) in [5.41, 5.74) is 7.58. The predicted octanol–water partition coefficient (Wildman–Crippen LogP) is 2.58. The minimum Gasteiger partial charge on any atom is -0.381 e. The molecule has 20 heavy (non-hydrogen) atoms. The molecule has 0 radical (unpaired) electrons. The number of aromatic nitrogens is 2. The first kappa shape index (κ1) is 13.1. The van der Waals surface area contributed by atoms with Crippen LogP contribution in [0.15, 0.2) is 24.3 Å². The molecule has 2 heterocycles. The van der Waals surface area contributed by atoms with Gasteiger partial charge in [-0.2, -0.15) is 0 Å². The maximum atomic E-state index is 6.00. The molecule has 1 fully saturated rings. The van der Waals surface area contributed by atoms with Gasteiger partial charge in [-0.15, -0.1) is 0 Å². The fraction of sp³-hybridized carbons (Fsp3) is 0.467. The van der Waals surface area contributed by atoms with Gasteiger partial charge in [0.2, 0.25) is 0 Å². The number of nitrogens with zero attached hydrogens (tertiary/aromatic N) is 2. The molecule has 3 N–H and O–H groups in total. The summed E-state index contributed by atoms with van der Waals surface area (Å²) in [6.45, 7) is 4.97. The quantitative estimate of drug-likeness (QED) is 0.879. The molecule has 1 aliphatic heterocycles. The lowest BCUT2D eigenvalue weighted by Gasteiger charge is -2.36. The molecule has 0 saturated carbocycles. The molecule has 1 aromatic carbocycles. The van der Waals surface area contributed by atoms with E-state index in [0.29, 0.717) is 17.7 Å². The highest BCUT2D eigenvalue weighted by molar-refractivity contribution is 5.79. The summed E-state index contributed by atoms with van der Waals surface area (Å²) in [5.74, 6) is 1.12. The molecule has 1 aromatic heterocycles. The van der Waals surface area contributed by atoms with Crippen LogP contribution in [0.25, 0.3) is 11.0 Å². The molecule has 106 valence electrons. The number of anilines is 2. The summed E-state index contributed by atoms with van der Waals surface area (Å²) in [4.78, 5) is 8.98. The molecule has 0 aliphatic carbocycles. The number of hydrogen-bond donors (Lipinski definition) is 2. The average Bonchev–Trinajstić information content (AvgIpc) is 2.38. The van der Waals surface area contributed by atoms with Gasteiger partial charge in [0.1, 0.15) is 0 Å².